The monoisotopic (exact) mass is 273 g/mol. The number of hydrogen-bond donors (Lipinski definition) is 1. The van der Waals surface area contributed by atoms with Crippen LogP contribution in [0.4, 0.5) is 14.5 Å². The fourth-order valence-corrected chi connectivity index (χ4v) is 2.48. The van der Waals surface area contributed by atoms with Gasteiger partial charge in [0.2, 0.25) is 0 Å². The van der Waals surface area contributed by atoms with E-state index in [1.807, 2.05) is 12.1 Å². The van der Waals surface area contributed by atoms with Crippen molar-refractivity contribution in [2.75, 3.05) is 11.9 Å². The van der Waals surface area contributed by atoms with Crippen molar-refractivity contribution >= 4 is 11.5 Å². The van der Waals surface area contributed by atoms with Crippen LogP contribution < -0.4 is 5.32 Å². The lowest BCUT2D eigenvalue weighted by Gasteiger charge is -2.05. The molecule has 4 heteroatoms. The molecule has 0 saturated heterocycles. The number of hydrogen-bond acceptors (Lipinski definition) is 2. The fraction of sp³-hybridized carbons (Fsp3) is 0.188. The van der Waals surface area contributed by atoms with E-state index in [4.69, 9.17) is 0 Å². The quantitative estimate of drug-likeness (QED) is 0.869. The van der Waals surface area contributed by atoms with Crippen LogP contribution in [0.15, 0.2) is 36.4 Å². The van der Waals surface area contributed by atoms with Crippen LogP contribution in [0.1, 0.15) is 21.5 Å². The van der Waals surface area contributed by atoms with Crippen molar-refractivity contribution in [3.63, 3.8) is 0 Å². The van der Waals surface area contributed by atoms with Crippen molar-refractivity contribution in [2.45, 2.75) is 12.8 Å². The van der Waals surface area contributed by atoms with Crippen molar-refractivity contribution < 1.29 is 13.6 Å². The molecule has 0 fully saturated rings. The minimum absolute atomic E-state index is 0.000888. The van der Waals surface area contributed by atoms with Crippen molar-refractivity contribution in [1.82, 2.24) is 0 Å². The molecule has 1 heterocycles. The molecule has 3 rings (SSSR count). The molecule has 0 saturated carbocycles. The van der Waals surface area contributed by atoms with Crippen LogP contribution in [-0.4, -0.2) is 12.3 Å². The molecule has 0 aliphatic carbocycles. The molecule has 0 spiro atoms. The first-order chi connectivity index (χ1) is 9.61. The Morgan fingerprint density at radius 1 is 1.10 bits per heavy atom. The van der Waals surface area contributed by atoms with E-state index in [-0.39, 0.29) is 12.2 Å². The number of rotatable bonds is 3. The SMILES string of the molecule is O=C(Cc1cc(F)cc(F)c1)c1ccc2c(c1)CCN2. The van der Waals surface area contributed by atoms with Gasteiger partial charge in [-0.15, -0.1) is 0 Å². The second-order valence-electron chi connectivity index (χ2n) is 4.93. The Labute approximate surface area is 115 Å². The zero-order chi connectivity index (χ0) is 14.1. The number of fused-ring (bicyclic) bond motifs is 1. The largest absolute Gasteiger partial charge is 0.384 e. The maximum absolute atomic E-state index is 13.1. The topological polar surface area (TPSA) is 29.1 Å². The molecular formula is C16H13F2NO. The normalized spacial score (nSPS) is 12.9. The molecular weight excluding hydrogens is 260 g/mol. The molecule has 20 heavy (non-hydrogen) atoms. The summed E-state index contributed by atoms with van der Waals surface area (Å²) in [7, 11) is 0. The van der Waals surface area contributed by atoms with E-state index in [0.29, 0.717) is 11.1 Å². The second-order valence-corrected chi connectivity index (χ2v) is 4.93. The van der Waals surface area contributed by atoms with Gasteiger partial charge in [-0.25, -0.2) is 8.78 Å². The summed E-state index contributed by atoms with van der Waals surface area (Å²) in [6.45, 7) is 0.877. The Kier molecular flexibility index (Phi) is 3.22. The Morgan fingerprint density at radius 3 is 2.60 bits per heavy atom. The summed E-state index contributed by atoms with van der Waals surface area (Å²) < 4.78 is 26.2. The zero-order valence-corrected chi connectivity index (χ0v) is 10.7. The second kappa shape index (κ2) is 5.04. The van der Waals surface area contributed by atoms with Gasteiger partial charge in [0.1, 0.15) is 11.6 Å². The summed E-state index contributed by atoms with van der Waals surface area (Å²) >= 11 is 0. The number of benzene rings is 2. The van der Waals surface area contributed by atoms with E-state index in [1.165, 1.54) is 12.1 Å². The van der Waals surface area contributed by atoms with E-state index in [2.05, 4.69) is 5.32 Å². The summed E-state index contributed by atoms with van der Waals surface area (Å²) in [6.07, 6.45) is 0.895. The van der Waals surface area contributed by atoms with Gasteiger partial charge in [0.15, 0.2) is 5.78 Å². The van der Waals surface area contributed by atoms with Crippen LogP contribution in [0.5, 0.6) is 0 Å². The number of ketones is 1. The highest BCUT2D eigenvalue weighted by Gasteiger charge is 2.14. The summed E-state index contributed by atoms with van der Waals surface area (Å²) in [5.74, 6) is -1.46. The van der Waals surface area contributed by atoms with Gasteiger partial charge in [-0.1, -0.05) is 0 Å². The van der Waals surface area contributed by atoms with Crippen LogP contribution in [0.3, 0.4) is 0 Å². The van der Waals surface area contributed by atoms with Crippen molar-refractivity contribution in [1.29, 1.82) is 0 Å². The minimum atomic E-state index is -0.661. The van der Waals surface area contributed by atoms with Crippen LogP contribution in [0.25, 0.3) is 0 Å². The molecule has 1 N–H and O–H groups in total. The first kappa shape index (κ1) is 12.8. The number of anilines is 1. The molecule has 0 atom stereocenters. The molecule has 1 aliphatic heterocycles. The summed E-state index contributed by atoms with van der Waals surface area (Å²) in [5.41, 5.74) is 3.10. The number of carbonyl (C=O) groups is 1. The van der Waals surface area contributed by atoms with E-state index in [1.54, 1.807) is 6.07 Å². The van der Waals surface area contributed by atoms with Gasteiger partial charge in [0.05, 0.1) is 0 Å². The van der Waals surface area contributed by atoms with Crippen LogP contribution >= 0.6 is 0 Å². The van der Waals surface area contributed by atoms with Crippen LogP contribution in [-0.2, 0) is 12.8 Å². The van der Waals surface area contributed by atoms with Crippen LogP contribution in [0, 0.1) is 11.6 Å². The summed E-state index contributed by atoms with van der Waals surface area (Å²) in [4.78, 5) is 12.2. The molecule has 1 aliphatic rings. The smallest absolute Gasteiger partial charge is 0.167 e. The third-order valence-electron chi connectivity index (χ3n) is 3.42. The molecule has 0 bridgehead atoms. The average molecular weight is 273 g/mol. The third kappa shape index (κ3) is 2.54. The van der Waals surface area contributed by atoms with Gasteiger partial charge >= 0.3 is 0 Å². The highest BCUT2D eigenvalue weighted by Crippen LogP contribution is 2.23. The first-order valence-electron chi connectivity index (χ1n) is 6.47. The molecule has 2 aromatic carbocycles. The fourth-order valence-electron chi connectivity index (χ4n) is 2.48. The Balaban J connectivity index is 1.82. The van der Waals surface area contributed by atoms with Gasteiger partial charge < -0.3 is 5.32 Å². The van der Waals surface area contributed by atoms with Crippen molar-refractivity contribution in [3.05, 3.63) is 64.7 Å². The van der Waals surface area contributed by atoms with Gasteiger partial charge in [-0.05, 0) is 47.9 Å². The van der Waals surface area contributed by atoms with Gasteiger partial charge in [-0.3, -0.25) is 4.79 Å². The Bertz CT molecular complexity index is 662. The lowest BCUT2D eigenvalue weighted by Crippen LogP contribution is -2.04. The van der Waals surface area contributed by atoms with Gasteiger partial charge in [0, 0.05) is 30.3 Å². The third-order valence-corrected chi connectivity index (χ3v) is 3.42. The van der Waals surface area contributed by atoms with Crippen molar-refractivity contribution in [2.24, 2.45) is 0 Å². The van der Waals surface area contributed by atoms with E-state index >= 15 is 0 Å². The molecule has 0 aromatic heterocycles. The number of nitrogens with one attached hydrogen (secondary N) is 1. The molecule has 0 radical (unpaired) electrons. The number of Topliss-reactive ketones (excluding diaryl/α,β-unsaturated/α-hetero) is 1. The summed E-state index contributed by atoms with van der Waals surface area (Å²) in [5, 5.41) is 3.22. The highest BCUT2D eigenvalue weighted by molar-refractivity contribution is 5.98. The van der Waals surface area contributed by atoms with Gasteiger partial charge in [0.25, 0.3) is 0 Å². The molecule has 2 aromatic rings. The number of carbonyl (C=O) groups excluding carboxylic acids is 1. The molecule has 0 amide bonds. The summed E-state index contributed by atoms with van der Waals surface area (Å²) in [6, 6.07) is 8.66. The minimum Gasteiger partial charge on any atom is -0.384 e. The lowest BCUT2D eigenvalue weighted by atomic mass is 10.00. The van der Waals surface area contributed by atoms with E-state index < -0.39 is 11.6 Å². The van der Waals surface area contributed by atoms with E-state index in [0.717, 1.165) is 30.3 Å². The predicted octanol–water partition coefficient (Wildman–Crippen LogP) is 3.36. The lowest BCUT2D eigenvalue weighted by molar-refractivity contribution is 0.0993. The predicted molar refractivity (Wildman–Crippen MR) is 73.0 cm³/mol. The molecule has 102 valence electrons. The van der Waals surface area contributed by atoms with Crippen molar-refractivity contribution in [3.8, 4) is 0 Å². The maximum atomic E-state index is 13.1. The average Bonchev–Trinajstić information content (AvgIpc) is 2.84. The van der Waals surface area contributed by atoms with Gasteiger partial charge in [-0.2, -0.15) is 0 Å². The Morgan fingerprint density at radius 2 is 1.85 bits per heavy atom. The van der Waals surface area contributed by atoms with Crippen LogP contribution in [0.2, 0.25) is 0 Å². The molecule has 0 unspecified atom stereocenters. The maximum Gasteiger partial charge on any atom is 0.167 e. The zero-order valence-electron chi connectivity index (χ0n) is 10.7. The first-order valence-corrected chi connectivity index (χ1v) is 6.47. The highest BCUT2D eigenvalue weighted by atomic mass is 19.1. The van der Waals surface area contributed by atoms with E-state index in [9.17, 15) is 13.6 Å². The standard InChI is InChI=1S/C16H13F2NO/c17-13-5-10(6-14(18)9-13)7-16(20)12-1-2-15-11(8-12)3-4-19-15/h1-2,5-6,8-9,19H,3-4,7H2. The molecule has 2 nitrogen and oxygen atoms in total. The Hall–Kier alpha value is -2.23. The number of halogens is 2.